The molecule has 2 N–H and O–H groups in total. The highest BCUT2D eigenvalue weighted by Crippen LogP contribution is 2.26. The number of benzene rings is 2. The minimum absolute atomic E-state index is 0.0394. The van der Waals surface area contributed by atoms with Crippen molar-refractivity contribution in [3.8, 4) is 5.75 Å². The fourth-order valence-electron chi connectivity index (χ4n) is 2.59. The molecule has 1 amide bonds. The van der Waals surface area contributed by atoms with Gasteiger partial charge in [-0.3, -0.25) is 9.59 Å². The van der Waals surface area contributed by atoms with E-state index in [2.05, 4.69) is 5.32 Å². The zero-order chi connectivity index (χ0) is 18.4. The number of carboxylic acid groups (broad SMARTS) is 1. The average molecular weight is 341 g/mol. The molecule has 0 spiro atoms. The van der Waals surface area contributed by atoms with Gasteiger partial charge < -0.3 is 15.2 Å². The molecular weight excluding hydrogens is 318 g/mol. The maximum atomic E-state index is 12.6. The molecule has 2 aromatic carbocycles. The van der Waals surface area contributed by atoms with Gasteiger partial charge in [-0.25, -0.2) is 0 Å². The Morgan fingerprint density at radius 3 is 2.20 bits per heavy atom. The van der Waals surface area contributed by atoms with Gasteiger partial charge in [0, 0.05) is 6.54 Å². The number of hydrogen-bond acceptors (Lipinski definition) is 3. The number of carbonyl (C=O) groups excluding carboxylic acids is 1. The van der Waals surface area contributed by atoms with E-state index in [0.29, 0.717) is 5.56 Å². The van der Waals surface area contributed by atoms with Crippen LogP contribution in [0.5, 0.6) is 5.75 Å². The molecule has 25 heavy (non-hydrogen) atoms. The fraction of sp³-hybridized carbons (Fsp3) is 0.300. The molecule has 0 heterocycles. The molecule has 1 atom stereocenters. The molecule has 132 valence electrons. The lowest BCUT2D eigenvalue weighted by molar-refractivity contribution is -0.138. The number of methoxy groups -OCH3 is 1. The van der Waals surface area contributed by atoms with Crippen molar-refractivity contribution in [2.45, 2.75) is 25.2 Å². The van der Waals surface area contributed by atoms with E-state index >= 15 is 0 Å². The standard InChI is InChI=1S/C20H23NO4/c1-20(2,15-9-11-16(25-3)12-10-15)19(24)21-13-17(18(22)23)14-7-5-4-6-8-14/h4-12,17H,13H2,1-3H3,(H,21,24)(H,22,23). The summed E-state index contributed by atoms with van der Waals surface area (Å²) in [7, 11) is 1.59. The molecule has 0 radical (unpaired) electrons. The van der Waals surface area contributed by atoms with Gasteiger partial charge in [-0.05, 0) is 37.1 Å². The van der Waals surface area contributed by atoms with Crippen molar-refractivity contribution in [1.29, 1.82) is 0 Å². The maximum Gasteiger partial charge on any atom is 0.312 e. The van der Waals surface area contributed by atoms with E-state index in [0.717, 1.165) is 11.3 Å². The van der Waals surface area contributed by atoms with Gasteiger partial charge in [0.1, 0.15) is 5.75 Å². The second-order valence-corrected chi connectivity index (χ2v) is 6.37. The van der Waals surface area contributed by atoms with Gasteiger partial charge in [0.25, 0.3) is 0 Å². The summed E-state index contributed by atoms with van der Waals surface area (Å²) in [6.07, 6.45) is 0. The van der Waals surface area contributed by atoms with Gasteiger partial charge >= 0.3 is 5.97 Å². The van der Waals surface area contributed by atoms with Gasteiger partial charge in [0.05, 0.1) is 18.4 Å². The Morgan fingerprint density at radius 1 is 1.08 bits per heavy atom. The number of carboxylic acids is 1. The first kappa shape index (κ1) is 18.5. The second-order valence-electron chi connectivity index (χ2n) is 6.37. The highest BCUT2D eigenvalue weighted by atomic mass is 16.5. The molecule has 0 bridgehead atoms. The lowest BCUT2D eigenvalue weighted by atomic mass is 9.83. The smallest absolute Gasteiger partial charge is 0.312 e. The second kappa shape index (κ2) is 7.83. The Morgan fingerprint density at radius 2 is 1.68 bits per heavy atom. The third-order valence-corrected chi connectivity index (χ3v) is 4.35. The summed E-state index contributed by atoms with van der Waals surface area (Å²) in [6, 6.07) is 16.2. The van der Waals surface area contributed by atoms with E-state index in [1.165, 1.54) is 0 Å². The van der Waals surface area contributed by atoms with Crippen molar-refractivity contribution < 1.29 is 19.4 Å². The highest BCUT2D eigenvalue weighted by molar-refractivity contribution is 5.88. The number of rotatable bonds is 7. The van der Waals surface area contributed by atoms with Gasteiger partial charge in [0.2, 0.25) is 5.91 Å². The van der Waals surface area contributed by atoms with Crippen LogP contribution in [0.1, 0.15) is 30.9 Å². The van der Waals surface area contributed by atoms with Crippen molar-refractivity contribution in [1.82, 2.24) is 5.32 Å². The molecule has 1 unspecified atom stereocenters. The Kier molecular flexibility index (Phi) is 5.80. The Bertz CT molecular complexity index is 723. The van der Waals surface area contributed by atoms with Crippen LogP contribution >= 0.6 is 0 Å². The summed E-state index contributed by atoms with van der Waals surface area (Å²) < 4.78 is 5.13. The third-order valence-electron chi connectivity index (χ3n) is 4.35. The third kappa shape index (κ3) is 4.38. The largest absolute Gasteiger partial charge is 0.497 e. The van der Waals surface area contributed by atoms with Crippen molar-refractivity contribution in [3.63, 3.8) is 0 Å². The van der Waals surface area contributed by atoms with Crippen LogP contribution in [0.2, 0.25) is 0 Å². The molecule has 5 heteroatoms. The minimum atomic E-state index is -0.964. The van der Waals surface area contributed by atoms with Crippen LogP contribution < -0.4 is 10.1 Å². The van der Waals surface area contributed by atoms with Gasteiger partial charge in [-0.1, -0.05) is 42.5 Å². The molecule has 0 saturated heterocycles. The van der Waals surface area contributed by atoms with Crippen LogP contribution in [-0.4, -0.2) is 30.6 Å². The zero-order valence-electron chi connectivity index (χ0n) is 14.7. The van der Waals surface area contributed by atoms with Crippen LogP contribution in [0, 0.1) is 0 Å². The Balaban J connectivity index is 2.09. The predicted molar refractivity (Wildman–Crippen MR) is 95.8 cm³/mol. The molecule has 0 aliphatic carbocycles. The minimum Gasteiger partial charge on any atom is -0.497 e. The normalized spacial score (nSPS) is 12.3. The summed E-state index contributed by atoms with van der Waals surface area (Å²) in [5.41, 5.74) is 0.710. The van der Waals surface area contributed by atoms with E-state index in [-0.39, 0.29) is 12.5 Å². The summed E-state index contributed by atoms with van der Waals surface area (Å²) >= 11 is 0. The number of carbonyl (C=O) groups is 2. The maximum absolute atomic E-state index is 12.6. The number of aliphatic carboxylic acids is 1. The molecule has 0 fully saturated rings. The number of amides is 1. The molecule has 0 saturated carbocycles. The van der Waals surface area contributed by atoms with Crippen LogP contribution in [0.15, 0.2) is 54.6 Å². The van der Waals surface area contributed by atoms with E-state index in [4.69, 9.17) is 4.74 Å². The van der Waals surface area contributed by atoms with Crippen molar-refractivity contribution in [3.05, 3.63) is 65.7 Å². The SMILES string of the molecule is COc1ccc(C(C)(C)C(=O)NCC(C(=O)O)c2ccccc2)cc1. The van der Waals surface area contributed by atoms with Crippen LogP contribution in [-0.2, 0) is 15.0 Å². The highest BCUT2D eigenvalue weighted by Gasteiger charge is 2.31. The summed E-state index contributed by atoms with van der Waals surface area (Å²) in [4.78, 5) is 24.2. The topological polar surface area (TPSA) is 75.6 Å². The Hall–Kier alpha value is -2.82. The molecule has 5 nitrogen and oxygen atoms in total. The first-order valence-corrected chi connectivity index (χ1v) is 8.07. The lowest BCUT2D eigenvalue weighted by Gasteiger charge is -2.25. The van der Waals surface area contributed by atoms with E-state index in [1.54, 1.807) is 43.5 Å². The van der Waals surface area contributed by atoms with E-state index in [9.17, 15) is 14.7 Å². The van der Waals surface area contributed by atoms with Gasteiger partial charge in [-0.15, -0.1) is 0 Å². The summed E-state index contributed by atoms with van der Waals surface area (Å²) in [5.74, 6) is -1.25. The van der Waals surface area contributed by atoms with E-state index < -0.39 is 17.3 Å². The van der Waals surface area contributed by atoms with Crippen LogP contribution in [0.4, 0.5) is 0 Å². The first-order valence-electron chi connectivity index (χ1n) is 8.07. The van der Waals surface area contributed by atoms with Crippen molar-refractivity contribution in [2.24, 2.45) is 0 Å². The average Bonchev–Trinajstić information content (AvgIpc) is 2.62. The van der Waals surface area contributed by atoms with E-state index in [1.807, 2.05) is 32.0 Å². The molecule has 2 aromatic rings. The van der Waals surface area contributed by atoms with Crippen LogP contribution in [0.3, 0.4) is 0 Å². The summed E-state index contributed by atoms with van der Waals surface area (Å²) in [5, 5.41) is 12.2. The lowest BCUT2D eigenvalue weighted by Crippen LogP contribution is -2.42. The number of ether oxygens (including phenoxy) is 1. The molecule has 0 aliphatic rings. The molecule has 0 aromatic heterocycles. The van der Waals surface area contributed by atoms with Gasteiger partial charge in [0.15, 0.2) is 0 Å². The molecule has 0 aliphatic heterocycles. The Labute approximate surface area is 147 Å². The van der Waals surface area contributed by atoms with Crippen molar-refractivity contribution >= 4 is 11.9 Å². The molecular formula is C20H23NO4. The van der Waals surface area contributed by atoms with Gasteiger partial charge in [-0.2, -0.15) is 0 Å². The summed E-state index contributed by atoms with van der Waals surface area (Å²) in [6.45, 7) is 3.66. The fourth-order valence-corrected chi connectivity index (χ4v) is 2.59. The molecule has 2 rings (SSSR count). The zero-order valence-corrected chi connectivity index (χ0v) is 14.7. The predicted octanol–water partition coefficient (Wildman–Crippen LogP) is 2.96. The number of nitrogens with one attached hydrogen (secondary N) is 1. The first-order chi connectivity index (χ1) is 11.9. The quantitative estimate of drug-likeness (QED) is 0.812. The number of hydrogen-bond donors (Lipinski definition) is 2. The van der Waals surface area contributed by atoms with Crippen LogP contribution in [0.25, 0.3) is 0 Å². The van der Waals surface area contributed by atoms with Crippen molar-refractivity contribution in [2.75, 3.05) is 13.7 Å². The monoisotopic (exact) mass is 341 g/mol.